The summed E-state index contributed by atoms with van der Waals surface area (Å²) in [5.41, 5.74) is 2.08. The van der Waals surface area contributed by atoms with Gasteiger partial charge in [-0.15, -0.1) is 0 Å². The van der Waals surface area contributed by atoms with Crippen LogP contribution in [-0.4, -0.2) is 29.2 Å². The molecule has 1 rings (SSSR count). The molecule has 0 unspecified atom stereocenters. The van der Waals surface area contributed by atoms with Crippen LogP contribution in [0.4, 0.5) is 0 Å². The maximum Gasteiger partial charge on any atom is 0.0771 e. The molecule has 1 aromatic rings. The van der Waals surface area contributed by atoms with E-state index in [0.717, 1.165) is 24.4 Å². The van der Waals surface area contributed by atoms with Crippen molar-refractivity contribution in [3.63, 3.8) is 0 Å². The first-order valence-electron chi connectivity index (χ1n) is 4.18. The Morgan fingerprint density at radius 3 is 2.17 bits per heavy atom. The summed E-state index contributed by atoms with van der Waals surface area (Å²) in [4.78, 5) is 2.08. The van der Waals surface area contributed by atoms with Gasteiger partial charge < -0.3 is 4.90 Å². The predicted molar refractivity (Wildman–Crippen MR) is 48.8 cm³/mol. The van der Waals surface area contributed by atoms with E-state index in [2.05, 4.69) is 22.0 Å². The van der Waals surface area contributed by atoms with Crippen molar-refractivity contribution in [2.75, 3.05) is 14.1 Å². The first-order valence-corrected chi connectivity index (χ1v) is 4.18. The fourth-order valence-electron chi connectivity index (χ4n) is 0.984. The summed E-state index contributed by atoms with van der Waals surface area (Å²) < 4.78 is 0. The lowest BCUT2D eigenvalue weighted by molar-refractivity contribution is 0.394. The monoisotopic (exact) mass is 165 g/mol. The van der Waals surface area contributed by atoms with Crippen LogP contribution in [0.25, 0.3) is 0 Å². The van der Waals surface area contributed by atoms with Crippen molar-refractivity contribution in [2.45, 2.75) is 19.9 Å². The van der Waals surface area contributed by atoms with Gasteiger partial charge in [0.1, 0.15) is 0 Å². The first-order chi connectivity index (χ1) is 5.72. The Bertz CT molecular complexity index is 228. The van der Waals surface area contributed by atoms with Gasteiger partial charge in [0.2, 0.25) is 0 Å². The minimum absolute atomic E-state index is 0.858. The molecule has 0 amide bonds. The number of nitrogens with zero attached hydrogens (tertiary/aromatic N) is 3. The molecule has 0 atom stereocenters. The van der Waals surface area contributed by atoms with Gasteiger partial charge in [-0.25, -0.2) is 0 Å². The highest BCUT2D eigenvalue weighted by Crippen LogP contribution is 1.98. The van der Waals surface area contributed by atoms with Crippen molar-refractivity contribution in [3.8, 4) is 0 Å². The molecular formula is C9H15N3. The zero-order valence-electron chi connectivity index (χ0n) is 7.91. The third kappa shape index (κ3) is 2.58. The van der Waals surface area contributed by atoms with Crippen molar-refractivity contribution in [2.24, 2.45) is 0 Å². The van der Waals surface area contributed by atoms with Crippen LogP contribution in [0.3, 0.4) is 0 Å². The minimum Gasteiger partial charge on any atom is -0.304 e. The van der Waals surface area contributed by atoms with Crippen LogP contribution in [0.2, 0.25) is 0 Å². The Hall–Kier alpha value is -0.960. The molecule has 12 heavy (non-hydrogen) atoms. The predicted octanol–water partition coefficient (Wildman–Crippen LogP) is 1.10. The summed E-state index contributed by atoms with van der Waals surface area (Å²) >= 11 is 0. The van der Waals surface area contributed by atoms with E-state index in [9.17, 15) is 0 Å². The molecule has 3 nitrogen and oxygen atoms in total. The molecule has 0 aliphatic heterocycles. The fourth-order valence-corrected chi connectivity index (χ4v) is 0.984. The summed E-state index contributed by atoms with van der Waals surface area (Å²) in [7, 11) is 4.05. The summed E-state index contributed by atoms with van der Waals surface area (Å²) in [6.07, 6.45) is 0.954. The van der Waals surface area contributed by atoms with E-state index in [1.807, 2.05) is 26.2 Å². The van der Waals surface area contributed by atoms with E-state index in [0.29, 0.717) is 0 Å². The number of rotatable bonds is 3. The molecule has 0 aliphatic carbocycles. The van der Waals surface area contributed by atoms with E-state index in [1.165, 1.54) is 0 Å². The molecule has 0 N–H and O–H groups in total. The molecule has 0 aliphatic rings. The second-order valence-electron chi connectivity index (χ2n) is 3.11. The van der Waals surface area contributed by atoms with Crippen LogP contribution < -0.4 is 0 Å². The molecule has 1 aromatic heterocycles. The fraction of sp³-hybridized carbons (Fsp3) is 0.556. The van der Waals surface area contributed by atoms with Gasteiger partial charge in [0.25, 0.3) is 0 Å². The van der Waals surface area contributed by atoms with E-state index in [1.54, 1.807) is 0 Å². The number of hydrogen-bond donors (Lipinski definition) is 0. The smallest absolute Gasteiger partial charge is 0.0771 e. The van der Waals surface area contributed by atoms with Crippen molar-refractivity contribution in [1.29, 1.82) is 0 Å². The summed E-state index contributed by atoms with van der Waals surface area (Å²) in [5, 5.41) is 8.17. The Morgan fingerprint density at radius 1 is 1.17 bits per heavy atom. The minimum atomic E-state index is 0.858. The van der Waals surface area contributed by atoms with E-state index < -0.39 is 0 Å². The molecule has 0 saturated carbocycles. The number of aryl methyl sites for hydroxylation is 1. The zero-order chi connectivity index (χ0) is 8.97. The standard InChI is InChI=1S/C9H15N3/c1-4-8-5-6-9(11-10-8)7-12(2)3/h5-6H,4,7H2,1-3H3. The Morgan fingerprint density at radius 2 is 1.75 bits per heavy atom. The average Bonchev–Trinajstić information content (AvgIpc) is 2.05. The highest BCUT2D eigenvalue weighted by molar-refractivity contribution is 5.06. The van der Waals surface area contributed by atoms with Gasteiger partial charge in [0.15, 0.2) is 0 Å². The maximum absolute atomic E-state index is 4.10. The second kappa shape index (κ2) is 4.16. The van der Waals surface area contributed by atoms with Crippen LogP contribution in [0.1, 0.15) is 18.3 Å². The Balaban J connectivity index is 2.65. The Labute approximate surface area is 73.4 Å². The molecule has 0 fully saturated rings. The van der Waals surface area contributed by atoms with Crippen molar-refractivity contribution in [3.05, 3.63) is 23.5 Å². The lowest BCUT2D eigenvalue weighted by Crippen LogP contribution is -2.12. The largest absolute Gasteiger partial charge is 0.304 e. The quantitative estimate of drug-likeness (QED) is 0.671. The normalized spacial score (nSPS) is 10.7. The molecule has 1 heterocycles. The summed E-state index contributed by atoms with van der Waals surface area (Å²) in [5.74, 6) is 0. The number of aromatic nitrogens is 2. The van der Waals surface area contributed by atoms with Crippen molar-refractivity contribution in [1.82, 2.24) is 15.1 Å². The van der Waals surface area contributed by atoms with Crippen LogP contribution in [0, 0.1) is 0 Å². The highest BCUT2D eigenvalue weighted by Gasteiger charge is 1.97. The van der Waals surface area contributed by atoms with Crippen LogP contribution in [0.5, 0.6) is 0 Å². The van der Waals surface area contributed by atoms with Gasteiger partial charge in [-0.1, -0.05) is 6.92 Å². The molecule has 66 valence electrons. The SMILES string of the molecule is CCc1ccc(CN(C)C)nn1. The molecule has 0 saturated heterocycles. The summed E-state index contributed by atoms with van der Waals surface area (Å²) in [6, 6.07) is 4.07. The molecule has 0 bridgehead atoms. The molecule has 0 aromatic carbocycles. The van der Waals surface area contributed by atoms with E-state index in [4.69, 9.17) is 0 Å². The van der Waals surface area contributed by atoms with Crippen LogP contribution in [0.15, 0.2) is 12.1 Å². The summed E-state index contributed by atoms with van der Waals surface area (Å²) in [6.45, 7) is 2.94. The van der Waals surface area contributed by atoms with Gasteiger partial charge in [-0.3, -0.25) is 0 Å². The lowest BCUT2D eigenvalue weighted by Gasteiger charge is -2.07. The Kier molecular flexibility index (Phi) is 3.17. The molecular weight excluding hydrogens is 150 g/mol. The van der Waals surface area contributed by atoms with Crippen molar-refractivity contribution >= 4 is 0 Å². The molecule has 0 radical (unpaired) electrons. The first kappa shape index (κ1) is 9.13. The molecule has 3 heteroatoms. The topological polar surface area (TPSA) is 29.0 Å². The van der Waals surface area contributed by atoms with Gasteiger partial charge in [-0.2, -0.15) is 10.2 Å². The molecule has 0 spiro atoms. The average molecular weight is 165 g/mol. The van der Waals surface area contributed by atoms with Crippen LogP contribution in [-0.2, 0) is 13.0 Å². The van der Waals surface area contributed by atoms with E-state index in [-0.39, 0.29) is 0 Å². The second-order valence-corrected chi connectivity index (χ2v) is 3.11. The van der Waals surface area contributed by atoms with Gasteiger partial charge in [0.05, 0.1) is 11.4 Å². The maximum atomic E-state index is 4.10. The van der Waals surface area contributed by atoms with Crippen LogP contribution >= 0.6 is 0 Å². The van der Waals surface area contributed by atoms with E-state index >= 15 is 0 Å². The highest BCUT2D eigenvalue weighted by atomic mass is 15.1. The van der Waals surface area contributed by atoms with Gasteiger partial charge in [0, 0.05) is 6.54 Å². The number of hydrogen-bond acceptors (Lipinski definition) is 3. The lowest BCUT2D eigenvalue weighted by atomic mass is 10.3. The van der Waals surface area contributed by atoms with Crippen molar-refractivity contribution < 1.29 is 0 Å². The van der Waals surface area contributed by atoms with Gasteiger partial charge >= 0.3 is 0 Å². The third-order valence-electron chi connectivity index (χ3n) is 1.62. The van der Waals surface area contributed by atoms with Gasteiger partial charge in [-0.05, 0) is 32.6 Å². The third-order valence-corrected chi connectivity index (χ3v) is 1.62. The zero-order valence-corrected chi connectivity index (χ0v) is 7.91.